The maximum Gasteiger partial charge on any atom is 0.326 e. The number of aliphatic carboxylic acids is 2. The molecule has 4 atom stereocenters. The smallest absolute Gasteiger partial charge is 0.326 e. The normalized spacial score (nSPS) is 14.4. The first-order valence-corrected chi connectivity index (χ1v) is 11.2. The molecule has 0 aliphatic rings. The van der Waals surface area contributed by atoms with Gasteiger partial charge in [0, 0.05) is 18.3 Å². The number of rotatable bonds is 15. The van der Waals surface area contributed by atoms with E-state index in [0.717, 1.165) is 0 Å². The second kappa shape index (κ2) is 14.1. The molecule has 0 radical (unpaired) electrons. The van der Waals surface area contributed by atoms with E-state index in [1.165, 1.54) is 24.3 Å². The van der Waals surface area contributed by atoms with Crippen molar-refractivity contribution in [3.63, 3.8) is 0 Å². The van der Waals surface area contributed by atoms with E-state index in [1.807, 2.05) is 0 Å². The molecule has 0 saturated heterocycles. The van der Waals surface area contributed by atoms with Gasteiger partial charge in [0.2, 0.25) is 17.7 Å². The largest absolute Gasteiger partial charge is 0.481 e. The summed E-state index contributed by atoms with van der Waals surface area (Å²) in [6, 6.07) is -5.50. The molecule has 4 unspecified atom stereocenters. The number of thioether (sulfide) groups is 1. The summed E-state index contributed by atoms with van der Waals surface area (Å²) >= 11 is 1.40. The van der Waals surface area contributed by atoms with E-state index in [-0.39, 0.29) is 12.8 Å². The van der Waals surface area contributed by atoms with Gasteiger partial charge in [0.25, 0.3) is 0 Å². The summed E-state index contributed by atoms with van der Waals surface area (Å²) in [6.07, 6.45) is 3.72. The third kappa shape index (κ3) is 9.88. The predicted octanol–water partition coefficient (Wildman–Crippen LogP) is -2.96. The van der Waals surface area contributed by atoms with Gasteiger partial charge in [-0.25, -0.2) is 9.78 Å². The van der Waals surface area contributed by atoms with Crippen molar-refractivity contribution in [3.8, 4) is 0 Å². The number of aliphatic hydroxyl groups excluding tert-OH is 1. The Labute approximate surface area is 193 Å². The standard InChI is InChI=1S/C18H28N6O8S/c1-33-3-2-11(18(31)32)22-16(29)12(4-9-6-20-8-21-9)24-17(30)13(5-14(26)27)23-15(28)10(19)7-25/h6,8,10-13,25H,2-5,7,19H2,1H3,(H,20,21)(H,22,29)(H,23,28)(H,24,30)(H,26,27)(H,31,32). The van der Waals surface area contributed by atoms with Gasteiger partial charge in [-0.1, -0.05) is 0 Å². The lowest BCUT2D eigenvalue weighted by Gasteiger charge is -2.24. The highest BCUT2D eigenvalue weighted by Gasteiger charge is 2.31. The predicted molar refractivity (Wildman–Crippen MR) is 116 cm³/mol. The van der Waals surface area contributed by atoms with Gasteiger partial charge < -0.3 is 42.0 Å². The van der Waals surface area contributed by atoms with Crippen LogP contribution in [0.25, 0.3) is 0 Å². The summed E-state index contributed by atoms with van der Waals surface area (Å²) < 4.78 is 0. The van der Waals surface area contributed by atoms with Crippen LogP contribution in [-0.4, -0.2) is 97.7 Å². The molecule has 33 heavy (non-hydrogen) atoms. The van der Waals surface area contributed by atoms with Crippen molar-refractivity contribution >= 4 is 41.4 Å². The molecule has 0 aromatic carbocycles. The number of aromatic amines is 1. The SMILES string of the molecule is CSCCC(NC(=O)C(Cc1cnc[nH]1)NC(=O)C(CC(=O)O)NC(=O)C(N)CO)C(=O)O. The van der Waals surface area contributed by atoms with Crippen molar-refractivity contribution in [1.29, 1.82) is 0 Å². The summed E-state index contributed by atoms with van der Waals surface area (Å²) in [7, 11) is 0. The van der Waals surface area contributed by atoms with E-state index in [2.05, 4.69) is 25.9 Å². The average Bonchev–Trinajstić information content (AvgIpc) is 3.27. The number of carbonyl (C=O) groups is 5. The zero-order chi connectivity index (χ0) is 25.0. The van der Waals surface area contributed by atoms with Crippen molar-refractivity contribution in [2.45, 2.75) is 43.4 Å². The average molecular weight is 489 g/mol. The van der Waals surface area contributed by atoms with Gasteiger partial charge >= 0.3 is 11.9 Å². The number of nitrogens with zero attached hydrogens (tertiary/aromatic N) is 1. The number of imidazole rings is 1. The fourth-order valence-corrected chi connectivity index (χ4v) is 3.08. The molecule has 9 N–H and O–H groups in total. The van der Waals surface area contributed by atoms with E-state index >= 15 is 0 Å². The fourth-order valence-electron chi connectivity index (χ4n) is 2.61. The van der Waals surface area contributed by atoms with Crippen LogP contribution in [0.4, 0.5) is 0 Å². The Morgan fingerprint density at radius 2 is 1.67 bits per heavy atom. The summed E-state index contributed by atoms with van der Waals surface area (Å²) in [5, 5.41) is 34.2. The first kappa shape index (κ1) is 27.9. The molecule has 0 aliphatic carbocycles. The summed E-state index contributed by atoms with van der Waals surface area (Å²) in [5.41, 5.74) is 5.82. The van der Waals surface area contributed by atoms with E-state index in [1.54, 1.807) is 6.26 Å². The van der Waals surface area contributed by atoms with E-state index < -0.39 is 66.9 Å². The molecule has 0 saturated carbocycles. The quantitative estimate of drug-likeness (QED) is 0.124. The maximum absolute atomic E-state index is 12.8. The second-order valence-electron chi connectivity index (χ2n) is 6.97. The number of H-pyrrole nitrogens is 1. The topological polar surface area (TPSA) is 237 Å². The van der Waals surface area contributed by atoms with Crippen LogP contribution in [0.15, 0.2) is 12.5 Å². The molecule has 0 spiro atoms. The van der Waals surface area contributed by atoms with Gasteiger partial charge in [-0.2, -0.15) is 11.8 Å². The lowest BCUT2D eigenvalue weighted by atomic mass is 10.1. The Morgan fingerprint density at radius 3 is 2.18 bits per heavy atom. The van der Waals surface area contributed by atoms with Gasteiger partial charge in [0.1, 0.15) is 24.2 Å². The Kier molecular flexibility index (Phi) is 11.9. The van der Waals surface area contributed by atoms with Crippen molar-refractivity contribution in [1.82, 2.24) is 25.9 Å². The van der Waals surface area contributed by atoms with Crippen molar-refractivity contribution in [2.24, 2.45) is 5.73 Å². The number of carboxylic acid groups (broad SMARTS) is 2. The number of hydrogen-bond acceptors (Lipinski definition) is 9. The molecular weight excluding hydrogens is 460 g/mol. The molecule has 15 heteroatoms. The molecule has 1 rings (SSSR count). The Morgan fingerprint density at radius 1 is 1.06 bits per heavy atom. The highest BCUT2D eigenvalue weighted by Crippen LogP contribution is 2.05. The summed E-state index contributed by atoms with van der Waals surface area (Å²) in [6.45, 7) is -0.731. The molecule has 14 nitrogen and oxygen atoms in total. The van der Waals surface area contributed by atoms with E-state index in [4.69, 9.17) is 15.9 Å². The molecule has 0 bridgehead atoms. The number of carbonyl (C=O) groups excluding carboxylic acids is 3. The lowest BCUT2D eigenvalue weighted by molar-refractivity contribution is -0.143. The van der Waals surface area contributed by atoms with Crippen LogP contribution >= 0.6 is 11.8 Å². The number of hydrogen-bond donors (Lipinski definition) is 8. The molecular formula is C18H28N6O8S. The molecule has 0 fully saturated rings. The minimum Gasteiger partial charge on any atom is -0.481 e. The second-order valence-corrected chi connectivity index (χ2v) is 7.96. The van der Waals surface area contributed by atoms with Crippen LogP contribution in [0.3, 0.4) is 0 Å². The number of carboxylic acids is 2. The van der Waals surface area contributed by atoms with Crippen LogP contribution in [0.1, 0.15) is 18.5 Å². The first-order chi connectivity index (χ1) is 15.6. The molecule has 1 aromatic heterocycles. The van der Waals surface area contributed by atoms with Crippen LogP contribution in [0, 0.1) is 0 Å². The number of aliphatic hydroxyl groups is 1. The zero-order valence-corrected chi connectivity index (χ0v) is 18.6. The monoisotopic (exact) mass is 488 g/mol. The first-order valence-electron chi connectivity index (χ1n) is 9.77. The molecule has 184 valence electrons. The Balaban J connectivity index is 3.04. The molecule has 1 aromatic rings. The van der Waals surface area contributed by atoms with Gasteiger partial charge in [-0.3, -0.25) is 19.2 Å². The highest BCUT2D eigenvalue weighted by atomic mass is 32.2. The van der Waals surface area contributed by atoms with Crippen molar-refractivity contribution in [3.05, 3.63) is 18.2 Å². The molecule has 0 aliphatic heterocycles. The van der Waals surface area contributed by atoms with Gasteiger partial charge in [0.05, 0.1) is 19.4 Å². The summed E-state index contributed by atoms with van der Waals surface area (Å²) in [4.78, 5) is 66.7. The third-order valence-electron chi connectivity index (χ3n) is 4.38. The van der Waals surface area contributed by atoms with Crippen LogP contribution in [-0.2, 0) is 30.4 Å². The number of aromatic nitrogens is 2. The summed E-state index contributed by atoms with van der Waals surface area (Å²) in [5.74, 6) is -4.99. The fraction of sp³-hybridized carbons (Fsp3) is 0.556. The van der Waals surface area contributed by atoms with E-state index in [0.29, 0.717) is 11.4 Å². The Bertz CT molecular complexity index is 821. The number of nitrogens with one attached hydrogen (secondary N) is 4. The van der Waals surface area contributed by atoms with Gasteiger partial charge in [0.15, 0.2) is 0 Å². The van der Waals surface area contributed by atoms with Crippen molar-refractivity contribution in [2.75, 3.05) is 18.6 Å². The van der Waals surface area contributed by atoms with E-state index in [9.17, 15) is 29.1 Å². The zero-order valence-electron chi connectivity index (χ0n) is 17.8. The van der Waals surface area contributed by atoms with Crippen LogP contribution in [0.5, 0.6) is 0 Å². The van der Waals surface area contributed by atoms with Gasteiger partial charge in [-0.15, -0.1) is 0 Å². The molecule has 3 amide bonds. The van der Waals surface area contributed by atoms with Crippen molar-refractivity contribution < 1.29 is 39.3 Å². The lowest BCUT2D eigenvalue weighted by Crippen LogP contribution is -2.58. The van der Waals surface area contributed by atoms with Gasteiger partial charge in [-0.05, 0) is 18.4 Å². The molecule has 1 heterocycles. The van der Waals surface area contributed by atoms with Crippen LogP contribution in [0.2, 0.25) is 0 Å². The maximum atomic E-state index is 12.8. The third-order valence-corrected chi connectivity index (χ3v) is 5.03. The number of amides is 3. The Hall–Kier alpha value is -3.17. The minimum absolute atomic E-state index is 0.115. The highest BCUT2D eigenvalue weighted by molar-refractivity contribution is 7.98. The number of nitrogens with two attached hydrogens (primary N) is 1. The minimum atomic E-state index is -1.60. The van der Waals surface area contributed by atoms with Crippen LogP contribution < -0.4 is 21.7 Å².